The molecule has 2 saturated heterocycles. The van der Waals surface area contributed by atoms with Crippen molar-refractivity contribution in [2.75, 3.05) is 56.1 Å². The number of nitrogens with one attached hydrogen (secondary N) is 2. The molecule has 0 radical (unpaired) electrons. The highest BCUT2D eigenvalue weighted by atomic mass is 16.5. The third kappa shape index (κ3) is 5.70. The molecule has 1 spiro atoms. The number of hydrogen-bond donors (Lipinski definition) is 2. The second kappa shape index (κ2) is 12.0. The zero-order chi connectivity index (χ0) is 29.9. The second-order valence-corrected chi connectivity index (χ2v) is 10.8. The lowest BCUT2D eigenvalue weighted by Crippen LogP contribution is -2.58. The summed E-state index contributed by atoms with van der Waals surface area (Å²) >= 11 is 0. The molecule has 0 aliphatic carbocycles. The van der Waals surface area contributed by atoms with E-state index in [1.165, 1.54) is 7.11 Å². The minimum atomic E-state index is -0.851. The summed E-state index contributed by atoms with van der Waals surface area (Å²) in [5.41, 5.74) is 3.52. The highest BCUT2D eigenvalue weighted by molar-refractivity contribution is 5.99. The molecule has 2 heterocycles. The van der Waals surface area contributed by atoms with Gasteiger partial charge in [0.15, 0.2) is 0 Å². The summed E-state index contributed by atoms with van der Waals surface area (Å²) in [5.74, 6) is 0.769. The summed E-state index contributed by atoms with van der Waals surface area (Å²) in [6.45, 7) is 5.00. The largest absolute Gasteiger partial charge is 0.497 e. The van der Waals surface area contributed by atoms with E-state index in [9.17, 15) is 14.4 Å². The fourth-order valence-corrected chi connectivity index (χ4v) is 5.69. The third-order valence-electron chi connectivity index (χ3n) is 8.24. The summed E-state index contributed by atoms with van der Waals surface area (Å²) in [6, 6.07) is 20.4. The Labute approximate surface area is 246 Å². The van der Waals surface area contributed by atoms with Crippen LogP contribution in [0, 0.1) is 13.8 Å². The summed E-state index contributed by atoms with van der Waals surface area (Å²) in [4.78, 5) is 45.7. The van der Waals surface area contributed by atoms with E-state index < -0.39 is 5.54 Å². The number of methoxy groups -OCH3 is 2. The van der Waals surface area contributed by atoms with Crippen LogP contribution in [0.15, 0.2) is 66.7 Å². The number of hydrogen-bond acceptors (Lipinski definition) is 6. The van der Waals surface area contributed by atoms with Crippen LogP contribution in [-0.2, 0) is 9.59 Å². The van der Waals surface area contributed by atoms with Crippen molar-refractivity contribution in [3.05, 3.63) is 77.9 Å². The molecule has 3 aromatic carbocycles. The van der Waals surface area contributed by atoms with Crippen LogP contribution in [-0.4, -0.2) is 73.7 Å². The van der Waals surface area contributed by atoms with Crippen LogP contribution in [0.4, 0.5) is 21.9 Å². The van der Waals surface area contributed by atoms with Gasteiger partial charge in [0.1, 0.15) is 23.6 Å². The van der Waals surface area contributed by atoms with Crippen LogP contribution in [0.1, 0.15) is 24.0 Å². The van der Waals surface area contributed by atoms with Crippen LogP contribution in [0.25, 0.3) is 0 Å². The number of carbonyl (C=O) groups excluding carboxylic acids is 3. The van der Waals surface area contributed by atoms with E-state index in [0.29, 0.717) is 55.5 Å². The normalized spacial score (nSPS) is 16.0. The number of piperidine rings is 1. The highest BCUT2D eigenvalue weighted by Crippen LogP contribution is 2.40. The monoisotopic (exact) mass is 571 g/mol. The molecular formula is C32H37N5O5. The maximum atomic E-state index is 14.0. The molecule has 0 unspecified atom stereocenters. The van der Waals surface area contributed by atoms with Gasteiger partial charge in [0.05, 0.1) is 26.6 Å². The second-order valence-electron chi connectivity index (χ2n) is 10.8. The molecule has 2 N–H and O–H groups in total. The fourth-order valence-electron chi connectivity index (χ4n) is 5.69. The molecule has 0 atom stereocenters. The van der Waals surface area contributed by atoms with E-state index in [1.807, 2.05) is 62.4 Å². The van der Waals surface area contributed by atoms with Gasteiger partial charge in [-0.05, 0) is 74.2 Å². The molecule has 2 aliphatic rings. The van der Waals surface area contributed by atoms with Crippen molar-refractivity contribution in [1.29, 1.82) is 0 Å². The zero-order valence-corrected chi connectivity index (χ0v) is 24.5. The Balaban J connectivity index is 1.30. The van der Waals surface area contributed by atoms with E-state index in [-0.39, 0.29) is 24.4 Å². The number of nitrogens with zero attached hydrogens (tertiary/aromatic N) is 3. The number of urea groups is 1. The number of anilines is 3. The summed E-state index contributed by atoms with van der Waals surface area (Å²) in [7, 11) is 3.10. The number of rotatable bonds is 7. The standard InChI is InChI=1S/C32H37N5O5/c1-22-10-11-24(18-23(22)2)33-29(38)20-36-21-37(25-8-6-5-7-9-25)32(30(36)39)14-16-35(17-15-32)31(40)34-27-13-12-26(41-3)19-28(27)42-4/h5-13,18-19H,14-17,20-21H2,1-4H3,(H,33,38)(H,34,40). The number of carbonyl (C=O) groups is 3. The Bertz CT molecular complexity index is 1470. The zero-order valence-electron chi connectivity index (χ0n) is 24.5. The summed E-state index contributed by atoms with van der Waals surface area (Å²) in [6.07, 6.45) is 0.867. The van der Waals surface area contributed by atoms with Gasteiger partial charge in [-0.3, -0.25) is 9.59 Å². The molecule has 0 aromatic heterocycles. The topological polar surface area (TPSA) is 103 Å². The van der Waals surface area contributed by atoms with E-state index in [0.717, 1.165) is 16.8 Å². The van der Waals surface area contributed by atoms with Gasteiger partial charge in [0.25, 0.3) is 5.91 Å². The smallest absolute Gasteiger partial charge is 0.321 e. The molecule has 42 heavy (non-hydrogen) atoms. The predicted octanol–water partition coefficient (Wildman–Crippen LogP) is 4.63. The average Bonchev–Trinajstić information content (AvgIpc) is 3.25. The van der Waals surface area contributed by atoms with Crippen molar-refractivity contribution >= 4 is 34.9 Å². The lowest BCUT2D eigenvalue weighted by Gasteiger charge is -2.43. The van der Waals surface area contributed by atoms with Gasteiger partial charge in [0.2, 0.25) is 5.91 Å². The van der Waals surface area contributed by atoms with Gasteiger partial charge in [-0.2, -0.15) is 0 Å². The number of aryl methyl sites for hydroxylation is 2. The number of ether oxygens (including phenoxy) is 2. The van der Waals surface area contributed by atoms with Gasteiger partial charge in [0, 0.05) is 30.5 Å². The molecule has 4 amide bonds. The highest BCUT2D eigenvalue weighted by Gasteiger charge is 2.54. The van der Waals surface area contributed by atoms with Crippen molar-refractivity contribution in [3.63, 3.8) is 0 Å². The number of para-hydroxylation sites is 1. The Morgan fingerprint density at radius 3 is 2.29 bits per heavy atom. The minimum absolute atomic E-state index is 0.0572. The molecule has 5 rings (SSSR count). The van der Waals surface area contributed by atoms with Crippen molar-refractivity contribution in [2.45, 2.75) is 32.2 Å². The molecule has 220 valence electrons. The van der Waals surface area contributed by atoms with Gasteiger partial charge < -0.3 is 34.8 Å². The van der Waals surface area contributed by atoms with E-state index in [4.69, 9.17) is 9.47 Å². The Morgan fingerprint density at radius 2 is 1.62 bits per heavy atom. The van der Waals surface area contributed by atoms with Crippen LogP contribution in [0.2, 0.25) is 0 Å². The Morgan fingerprint density at radius 1 is 0.881 bits per heavy atom. The molecular weight excluding hydrogens is 534 g/mol. The number of amides is 4. The third-order valence-corrected chi connectivity index (χ3v) is 8.24. The van der Waals surface area contributed by atoms with Crippen molar-refractivity contribution in [2.24, 2.45) is 0 Å². The van der Waals surface area contributed by atoms with Crippen LogP contribution < -0.4 is 25.0 Å². The summed E-state index contributed by atoms with van der Waals surface area (Å²) < 4.78 is 10.7. The molecule has 0 saturated carbocycles. The first-order chi connectivity index (χ1) is 20.2. The van der Waals surface area contributed by atoms with E-state index in [2.05, 4.69) is 15.5 Å². The summed E-state index contributed by atoms with van der Waals surface area (Å²) in [5, 5.41) is 5.86. The Kier molecular flexibility index (Phi) is 8.24. The van der Waals surface area contributed by atoms with E-state index in [1.54, 1.807) is 35.1 Å². The molecule has 0 bridgehead atoms. The first-order valence-electron chi connectivity index (χ1n) is 14.0. The average molecular weight is 572 g/mol. The van der Waals surface area contributed by atoms with Crippen molar-refractivity contribution < 1.29 is 23.9 Å². The maximum absolute atomic E-state index is 14.0. The number of likely N-dealkylation sites (tertiary alicyclic amines) is 1. The Hall–Kier alpha value is -4.73. The molecule has 10 nitrogen and oxygen atoms in total. The number of benzene rings is 3. The van der Waals surface area contributed by atoms with Crippen molar-refractivity contribution in [1.82, 2.24) is 9.80 Å². The lowest BCUT2D eigenvalue weighted by molar-refractivity contribution is -0.136. The minimum Gasteiger partial charge on any atom is -0.497 e. The maximum Gasteiger partial charge on any atom is 0.321 e. The molecule has 2 fully saturated rings. The molecule has 2 aliphatic heterocycles. The van der Waals surface area contributed by atoms with Crippen LogP contribution >= 0.6 is 0 Å². The van der Waals surface area contributed by atoms with Gasteiger partial charge in [-0.15, -0.1) is 0 Å². The fraction of sp³-hybridized carbons (Fsp3) is 0.344. The predicted molar refractivity (Wildman–Crippen MR) is 162 cm³/mol. The van der Waals surface area contributed by atoms with Gasteiger partial charge in [-0.25, -0.2) is 4.79 Å². The van der Waals surface area contributed by atoms with Gasteiger partial charge >= 0.3 is 6.03 Å². The van der Waals surface area contributed by atoms with Crippen LogP contribution in [0.3, 0.4) is 0 Å². The molecule has 3 aromatic rings. The SMILES string of the molecule is COc1ccc(NC(=O)N2CCC3(CC2)C(=O)N(CC(=O)Nc2ccc(C)c(C)c2)CN3c2ccccc2)c(OC)c1. The van der Waals surface area contributed by atoms with Gasteiger partial charge in [-0.1, -0.05) is 24.3 Å². The first kappa shape index (κ1) is 28.8. The first-order valence-corrected chi connectivity index (χ1v) is 14.0. The quantitative estimate of drug-likeness (QED) is 0.429. The van der Waals surface area contributed by atoms with E-state index >= 15 is 0 Å². The lowest BCUT2D eigenvalue weighted by atomic mass is 9.85. The molecule has 10 heteroatoms. The van der Waals surface area contributed by atoms with Crippen LogP contribution in [0.5, 0.6) is 11.5 Å². The van der Waals surface area contributed by atoms with Crippen molar-refractivity contribution in [3.8, 4) is 11.5 Å².